The van der Waals surface area contributed by atoms with Crippen molar-refractivity contribution in [2.45, 2.75) is 56.5 Å². The van der Waals surface area contributed by atoms with E-state index in [9.17, 15) is 14.3 Å². The quantitative estimate of drug-likeness (QED) is 0.728. The van der Waals surface area contributed by atoms with E-state index in [0.29, 0.717) is 29.2 Å². The lowest BCUT2D eigenvalue weighted by atomic mass is 9.95. The standard InChI is InChI=1S/C19H24FN3O2S/c20-15-8-6-14(7-9-15)11-23-17(12-24)10-21-19(23)26-13-18(25)22-16-4-2-1-3-5-16/h6-10,16,24H,1-5,11-13H2,(H,22,25). The van der Waals surface area contributed by atoms with E-state index in [4.69, 9.17) is 0 Å². The molecule has 0 atom stereocenters. The van der Waals surface area contributed by atoms with E-state index in [1.54, 1.807) is 18.3 Å². The number of aliphatic hydroxyl groups excluding tert-OH is 1. The number of halogens is 1. The predicted molar refractivity (Wildman–Crippen MR) is 99.4 cm³/mol. The molecule has 7 heteroatoms. The number of hydrogen-bond donors (Lipinski definition) is 2. The van der Waals surface area contributed by atoms with Crippen LogP contribution in [0, 0.1) is 5.82 Å². The minimum atomic E-state index is -0.282. The number of imidazole rings is 1. The fourth-order valence-electron chi connectivity index (χ4n) is 3.22. The lowest BCUT2D eigenvalue weighted by Gasteiger charge is -2.22. The Bertz CT molecular complexity index is 727. The Morgan fingerprint density at radius 1 is 1.27 bits per heavy atom. The maximum absolute atomic E-state index is 13.1. The van der Waals surface area contributed by atoms with Crippen LogP contribution in [-0.4, -0.2) is 32.4 Å². The maximum atomic E-state index is 13.1. The minimum Gasteiger partial charge on any atom is -0.390 e. The molecule has 2 N–H and O–H groups in total. The van der Waals surface area contributed by atoms with Gasteiger partial charge in [-0.1, -0.05) is 43.2 Å². The Kier molecular flexibility index (Phi) is 6.68. The number of amides is 1. The molecule has 1 saturated carbocycles. The fourth-order valence-corrected chi connectivity index (χ4v) is 4.03. The van der Waals surface area contributed by atoms with Gasteiger partial charge in [0.15, 0.2) is 5.16 Å². The summed E-state index contributed by atoms with van der Waals surface area (Å²) < 4.78 is 15.0. The Balaban J connectivity index is 1.61. The number of rotatable bonds is 7. The van der Waals surface area contributed by atoms with Crippen molar-refractivity contribution >= 4 is 17.7 Å². The molecule has 1 aliphatic rings. The summed E-state index contributed by atoms with van der Waals surface area (Å²) in [7, 11) is 0. The van der Waals surface area contributed by atoms with Gasteiger partial charge in [0, 0.05) is 12.6 Å². The highest BCUT2D eigenvalue weighted by Gasteiger charge is 2.17. The highest BCUT2D eigenvalue weighted by molar-refractivity contribution is 7.99. The predicted octanol–water partition coefficient (Wildman–Crippen LogP) is 3.10. The van der Waals surface area contributed by atoms with Crippen LogP contribution in [0.3, 0.4) is 0 Å². The third-order valence-corrected chi connectivity index (χ3v) is 5.61. The van der Waals surface area contributed by atoms with Crippen LogP contribution in [-0.2, 0) is 17.9 Å². The summed E-state index contributed by atoms with van der Waals surface area (Å²) in [6, 6.07) is 6.54. The molecule has 140 valence electrons. The van der Waals surface area contributed by atoms with Gasteiger partial charge in [0.05, 0.1) is 24.3 Å². The van der Waals surface area contributed by atoms with E-state index in [1.165, 1.54) is 43.2 Å². The van der Waals surface area contributed by atoms with E-state index in [2.05, 4.69) is 10.3 Å². The average Bonchev–Trinajstić information content (AvgIpc) is 3.04. The van der Waals surface area contributed by atoms with Gasteiger partial charge in [-0.15, -0.1) is 0 Å². The van der Waals surface area contributed by atoms with Crippen LogP contribution in [0.1, 0.15) is 43.4 Å². The van der Waals surface area contributed by atoms with Crippen LogP contribution in [0.5, 0.6) is 0 Å². The molecule has 1 aliphatic carbocycles. The second-order valence-electron chi connectivity index (χ2n) is 6.59. The van der Waals surface area contributed by atoms with Crippen LogP contribution in [0.25, 0.3) is 0 Å². The molecule has 0 unspecified atom stereocenters. The Morgan fingerprint density at radius 2 is 2.00 bits per heavy atom. The van der Waals surface area contributed by atoms with Gasteiger partial charge < -0.3 is 15.0 Å². The zero-order chi connectivity index (χ0) is 18.4. The topological polar surface area (TPSA) is 67.1 Å². The lowest BCUT2D eigenvalue weighted by molar-refractivity contribution is -0.119. The highest BCUT2D eigenvalue weighted by Crippen LogP contribution is 2.21. The number of aromatic nitrogens is 2. The minimum absolute atomic E-state index is 0.0174. The number of hydrogen-bond acceptors (Lipinski definition) is 4. The van der Waals surface area contributed by atoms with E-state index >= 15 is 0 Å². The first-order valence-electron chi connectivity index (χ1n) is 8.97. The zero-order valence-corrected chi connectivity index (χ0v) is 15.5. The highest BCUT2D eigenvalue weighted by atomic mass is 32.2. The van der Waals surface area contributed by atoms with Crippen molar-refractivity contribution in [2.75, 3.05) is 5.75 Å². The molecule has 0 spiro atoms. The number of carbonyl (C=O) groups is 1. The van der Waals surface area contributed by atoms with Crippen molar-refractivity contribution in [3.8, 4) is 0 Å². The zero-order valence-electron chi connectivity index (χ0n) is 14.7. The van der Waals surface area contributed by atoms with Crippen LogP contribution in [0.2, 0.25) is 0 Å². The molecular weight excluding hydrogens is 353 g/mol. The van der Waals surface area contributed by atoms with Gasteiger partial charge in [0.1, 0.15) is 5.82 Å². The van der Waals surface area contributed by atoms with Gasteiger partial charge in [-0.05, 0) is 30.5 Å². The number of benzene rings is 1. The fraction of sp³-hybridized carbons (Fsp3) is 0.474. The summed E-state index contributed by atoms with van der Waals surface area (Å²) in [6.07, 6.45) is 7.35. The van der Waals surface area contributed by atoms with Gasteiger partial charge in [0.25, 0.3) is 0 Å². The van der Waals surface area contributed by atoms with Crippen molar-refractivity contribution in [2.24, 2.45) is 0 Å². The summed E-state index contributed by atoms with van der Waals surface area (Å²) in [6.45, 7) is 0.339. The summed E-state index contributed by atoms with van der Waals surface area (Å²) in [5.41, 5.74) is 1.58. The molecule has 1 fully saturated rings. The van der Waals surface area contributed by atoms with E-state index in [0.717, 1.165) is 18.4 Å². The third-order valence-electron chi connectivity index (χ3n) is 4.62. The van der Waals surface area contributed by atoms with Gasteiger partial charge in [-0.2, -0.15) is 0 Å². The molecule has 0 radical (unpaired) electrons. The molecule has 2 aromatic rings. The first-order chi connectivity index (χ1) is 12.7. The molecule has 3 rings (SSSR count). The first kappa shape index (κ1) is 18.9. The van der Waals surface area contributed by atoms with Crippen molar-refractivity contribution < 1.29 is 14.3 Å². The Hall–Kier alpha value is -1.86. The molecule has 1 aromatic heterocycles. The third kappa shape index (κ3) is 5.08. The number of thioether (sulfide) groups is 1. The van der Waals surface area contributed by atoms with Crippen LogP contribution < -0.4 is 5.32 Å². The van der Waals surface area contributed by atoms with Crippen molar-refractivity contribution in [1.29, 1.82) is 0 Å². The van der Waals surface area contributed by atoms with Crippen LogP contribution in [0.4, 0.5) is 4.39 Å². The number of carbonyl (C=O) groups excluding carboxylic acids is 1. The average molecular weight is 377 g/mol. The molecular formula is C19H24FN3O2S. The number of aliphatic hydroxyl groups is 1. The molecule has 1 heterocycles. The van der Waals surface area contributed by atoms with E-state index < -0.39 is 0 Å². The largest absolute Gasteiger partial charge is 0.390 e. The summed E-state index contributed by atoms with van der Waals surface area (Å²) in [4.78, 5) is 16.5. The molecule has 1 amide bonds. The lowest BCUT2D eigenvalue weighted by Crippen LogP contribution is -2.37. The summed E-state index contributed by atoms with van der Waals surface area (Å²) in [5, 5.41) is 13.3. The van der Waals surface area contributed by atoms with Crippen molar-refractivity contribution in [3.05, 3.63) is 47.5 Å². The summed E-state index contributed by atoms with van der Waals surface area (Å²) in [5.74, 6) is 0.0291. The second kappa shape index (κ2) is 9.19. The van der Waals surface area contributed by atoms with E-state index in [-0.39, 0.29) is 18.3 Å². The monoisotopic (exact) mass is 377 g/mol. The normalized spacial score (nSPS) is 15.2. The summed E-state index contributed by atoms with van der Waals surface area (Å²) >= 11 is 1.36. The molecule has 26 heavy (non-hydrogen) atoms. The second-order valence-corrected chi connectivity index (χ2v) is 7.54. The first-order valence-corrected chi connectivity index (χ1v) is 9.96. The van der Waals surface area contributed by atoms with Crippen LogP contribution >= 0.6 is 11.8 Å². The van der Waals surface area contributed by atoms with E-state index in [1.807, 2.05) is 4.57 Å². The van der Waals surface area contributed by atoms with Crippen molar-refractivity contribution in [3.63, 3.8) is 0 Å². The van der Waals surface area contributed by atoms with Gasteiger partial charge >= 0.3 is 0 Å². The molecule has 0 saturated heterocycles. The van der Waals surface area contributed by atoms with Gasteiger partial charge in [-0.25, -0.2) is 9.37 Å². The smallest absolute Gasteiger partial charge is 0.230 e. The maximum Gasteiger partial charge on any atom is 0.230 e. The SMILES string of the molecule is O=C(CSc1ncc(CO)n1Cc1ccc(F)cc1)NC1CCCCC1. The van der Waals surface area contributed by atoms with Crippen molar-refractivity contribution in [1.82, 2.24) is 14.9 Å². The number of nitrogens with zero attached hydrogens (tertiary/aromatic N) is 2. The van der Waals surface area contributed by atoms with Gasteiger partial charge in [0.2, 0.25) is 5.91 Å². The van der Waals surface area contributed by atoms with Gasteiger partial charge in [-0.3, -0.25) is 4.79 Å². The molecule has 0 aliphatic heterocycles. The Labute approximate surface area is 157 Å². The van der Waals surface area contributed by atoms with Crippen LogP contribution in [0.15, 0.2) is 35.6 Å². The molecule has 1 aromatic carbocycles. The Morgan fingerprint density at radius 3 is 2.69 bits per heavy atom. The number of nitrogens with one attached hydrogen (secondary N) is 1. The molecule has 0 bridgehead atoms. The molecule has 5 nitrogen and oxygen atoms in total.